The van der Waals surface area contributed by atoms with E-state index in [0.717, 1.165) is 5.56 Å². The van der Waals surface area contributed by atoms with Crippen molar-refractivity contribution in [2.24, 2.45) is 0 Å². The predicted molar refractivity (Wildman–Crippen MR) is 133 cm³/mol. The molecule has 1 amide bonds. The van der Waals surface area contributed by atoms with E-state index in [-0.39, 0.29) is 17.2 Å². The van der Waals surface area contributed by atoms with Crippen LogP contribution in [-0.2, 0) is 17.8 Å². The molecule has 0 aliphatic carbocycles. The van der Waals surface area contributed by atoms with Gasteiger partial charge in [-0.25, -0.2) is 4.98 Å². The van der Waals surface area contributed by atoms with Gasteiger partial charge in [-0.3, -0.25) is 14.2 Å². The maximum Gasteiger partial charge on any atom is 0.272 e. The largest absolute Gasteiger partial charge is 0.493 e. The Balaban J connectivity index is 1.50. The Morgan fingerprint density at radius 1 is 1.09 bits per heavy atom. The smallest absolute Gasteiger partial charge is 0.272 e. The lowest BCUT2D eigenvalue weighted by Crippen LogP contribution is -2.24. The molecular weight excluding hydrogens is 458 g/mol. The number of carbonyl (C=O) groups excluding carboxylic acids is 1. The number of hydrogen-bond acceptors (Lipinski definition) is 7. The van der Waals surface area contributed by atoms with Gasteiger partial charge < -0.3 is 14.8 Å². The lowest BCUT2D eigenvalue weighted by molar-refractivity contribution is -0.113. The van der Waals surface area contributed by atoms with Crippen LogP contribution in [0.1, 0.15) is 5.56 Å². The normalized spacial score (nSPS) is 10.8. The summed E-state index contributed by atoms with van der Waals surface area (Å²) in [5.74, 6) is 1.02. The fourth-order valence-electron chi connectivity index (χ4n) is 3.36. The molecule has 0 bridgehead atoms. The number of aromatic nitrogens is 2. The molecule has 0 aliphatic heterocycles. The van der Waals surface area contributed by atoms with Crippen molar-refractivity contribution in [3.05, 3.63) is 75.9 Å². The van der Waals surface area contributed by atoms with Crippen molar-refractivity contribution >= 4 is 44.9 Å². The van der Waals surface area contributed by atoms with Crippen LogP contribution < -0.4 is 20.3 Å². The number of nitrogens with one attached hydrogen (secondary N) is 1. The number of anilines is 1. The number of hydrogen-bond donors (Lipinski definition) is 1. The van der Waals surface area contributed by atoms with Crippen molar-refractivity contribution in [1.29, 1.82) is 0 Å². The molecule has 2 aromatic carbocycles. The van der Waals surface area contributed by atoms with E-state index in [0.29, 0.717) is 45.5 Å². The number of ether oxygens (including phenoxy) is 2. The number of aryl methyl sites for hydroxylation is 1. The molecule has 0 radical (unpaired) electrons. The molecule has 0 fully saturated rings. The molecule has 0 saturated heterocycles. The molecule has 0 unspecified atom stereocenters. The molecule has 0 aliphatic rings. The van der Waals surface area contributed by atoms with Crippen LogP contribution in [0.3, 0.4) is 0 Å². The highest BCUT2D eigenvalue weighted by Crippen LogP contribution is 2.30. The molecule has 2 heterocycles. The summed E-state index contributed by atoms with van der Waals surface area (Å²) < 4.78 is 12.8. The molecule has 2 aromatic heterocycles. The van der Waals surface area contributed by atoms with Crippen molar-refractivity contribution in [2.45, 2.75) is 18.1 Å². The van der Waals surface area contributed by atoms with Crippen LogP contribution in [0.15, 0.2) is 69.9 Å². The zero-order chi connectivity index (χ0) is 23.2. The van der Waals surface area contributed by atoms with Gasteiger partial charge in [0.1, 0.15) is 4.70 Å². The Bertz CT molecular complexity index is 1320. The average Bonchev–Trinajstić information content (AvgIpc) is 3.32. The van der Waals surface area contributed by atoms with Crippen LogP contribution in [-0.4, -0.2) is 35.4 Å². The minimum absolute atomic E-state index is 0.0752. The second-order valence-electron chi connectivity index (χ2n) is 7.13. The van der Waals surface area contributed by atoms with Crippen LogP contribution in [0, 0.1) is 0 Å². The summed E-state index contributed by atoms with van der Waals surface area (Å²) in [6.45, 7) is 0.489. The molecule has 33 heavy (non-hydrogen) atoms. The van der Waals surface area contributed by atoms with E-state index in [9.17, 15) is 9.59 Å². The van der Waals surface area contributed by atoms with E-state index >= 15 is 0 Å². The number of rotatable bonds is 9. The number of carbonyl (C=O) groups is 1. The maximum atomic E-state index is 13.1. The molecule has 170 valence electrons. The van der Waals surface area contributed by atoms with E-state index in [1.54, 1.807) is 37.0 Å². The third-order valence-electron chi connectivity index (χ3n) is 5.00. The molecule has 4 rings (SSSR count). The van der Waals surface area contributed by atoms with Crippen LogP contribution >= 0.6 is 23.1 Å². The topological polar surface area (TPSA) is 82.5 Å². The van der Waals surface area contributed by atoms with E-state index < -0.39 is 0 Å². The first-order valence-corrected chi connectivity index (χ1v) is 12.1. The predicted octanol–water partition coefficient (Wildman–Crippen LogP) is 4.45. The SMILES string of the molecule is COc1ccc(NC(=O)CSc2nc3ccsc3c(=O)n2CCc2ccccc2)cc1OC. The third kappa shape index (κ3) is 5.37. The molecule has 0 spiro atoms. The van der Waals surface area contributed by atoms with Gasteiger partial charge in [0.15, 0.2) is 16.7 Å². The Hall–Kier alpha value is -3.30. The second-order valence-corrected chi connectivity index (χ2v) is 8.99. The van der Waals surface area contributed by atoms with Gasteiger partial charge in [-0.15, -0.1) is 11.3 Å². The molecule has 0 atom stereocenters. The number of benzene rings is 2. The molecule has 4 aromatic rings. The summed E-state index contributed by atoms with van der Waals surface area (Å²) >= 11 is 2.63. The Morgan fingerprint density at radius 2 is 1.88 bits per heavy atom. The van der Waals surface area contributed by atoms with Gasteiger partial charge in [0.2, 0.25) is 5.91 Å². The summed E-state index contributed by atoms with van der Waals surface area (Å²) in [4.78, 5) is 30.4. The van der Waals surface area contributed by atoms with Gasteiger partial charge in [-0.2, -0.15) is 0 Å². The quantitative estimate of drug-likeness (QED) is 0.281. The van der Waals surface area contributed by atoms with Gasteiger partial charge >= 0.3 is 0 Å². The number of fused-ring (bicyclic) bond motifs is 1. The highest BCUT2D eigenvalue weighted by molar-refractivity contribution is 7.99. The lowest BCUT2D eigenvalue weighted by Gasteiger charge is -2.13. The van der Waals surface area contributed by atoms with Crippen molar-refractivity contribution in [3.63, 3.8) is 0 Å². The zero-order valence-electron chi connectivity index (χ0n) is 18.2. The standard InChI is InChI=1S/C24H23N3O4S2/c1-30-19-9-8-17(14-20(19)31-2)25-21(28)15-33-24-26-18-11-13-32-22(18)23(29)27(24)12-10-16-6-4-3-5-7-16/h3-9,11,13-14H,10,12,15H2,1-2H3,(H,25,28). The summed E-state index contributed by atoms with van der Waals surface area (Å²) in [5, 5.41) is 5.25. The van der Waals surface area contributed by atoms with Gasteiger partial charge in [-0.05, 0) is 35.6 Å². The Labute approximate surface area is 199 Å². The van der Waals surface area contributed by atoms with Gasteiger partial charge in [0.05, 0.1) is 25.5 Å². The summed E-state index contributed by atoms with van der Waals surface area (Å²) in [5.41, 5.74) is 2.32. The fraction of sp³-hybridized carbons (Fsp3) is 0.208. The van der Waals surface area contributed by atoms with Crippen LogP contribution in [0.25, 0.3) is 10.2 Å². The molecular formula is C24H23N3O4S2. The molecule has 9 heteroatoms. The molecule has 7 nitrogen and oxygen atoms in total. The minimum Gasteiger partial charge on any atom is -0.493 e. The minimum atomic E-state index is -0.207. The average molecular weight is 482 g/mol. The third-order valence-corrected chi connectivity index (χ3v) is 6.87. The summed E-state index contributed by atoms with van der Waals surface area (Å²) in [6, 6.07) is 17.0. The summed E-state index contributed by atoms with van der Waals surface area (Å²) in [6.07, 6.45) is 0.699. The van der Waals surface area contributed by atoms with Gasteiger partial charge in [0, 0.05) is 18.3 Å². The van der Waals surface area contributed by atoms with Crippen LogP contribution in [0.4, 0.5) is 5.69 Å². The van der Waals surface area contributed by atoms with Crippen LogP contribution in [0.5, 0.6) is 11.5 Å². The Morgan fingerprint density at radius 3 is 2.64 bits per heavy atom. The first-order valence-electron chi connectivity index (χ1n) is 10.3. The van der Waals surface area contributed by atoms with Crippen LogP contribution in [0.2, 0.25) is 0 Å². The maximum absolute atomic E-state index is 13.1. The molecule has 0 saturated carbocycles. The van der Waals surface area contributed by atoms with Crippen molar-refractivity contribution in [2.75, 3.05) is 25.3 Å². The monoisotopic (exact) mass is 481 g/mol. The van der Waals surface area contributed by atoms with Crippen molar-refractivity contribution in [3.8, 4) is 11.5 Å². The number of methoxy groups -OCH3 is 2. The number of nitrogens with zero attached hydrogens (tertiary/aromatic N) is 2. The fourth-order valence-corrected chi connectivity index (χ4v) is 4.96. The summed E-state index contributed by atoms with van der Waals surface area (Å²) in [7, 11) is 3.10. The van der Waals surface area contributed by atoms with E-state index in [4.69, 9.17) is 9.47 Å². The van der Waals surface area contributed by atoms with Gasteiger partial charge in [-0.1, -0.05) is 42.1 Å². The zero-order valence-corrected chi connectivity index (χ0v) is 19.9. The van der Waals surface area contributed by atoms with E-state index in [1.165, 1.54) is 23.1 Å². The number of thiophene rings is 1. The molecule has 1 N–H and O–H groups in total. The number of amides is 1. The van der Waals surface area contributed by atoms with Crippen molar-refractivity contribution in [1.82, 2.24) is 9.55 Å². The van der Waals surface area contributed by atoms with E-state index in [2.05, 4.69) is 10.3 Å². The number of thioether (sulfide) groups is 1. The lowest BCUT2D eigenvalue weighted by atomic mass is 10.1. The first kappa shape index (κ1) is 22.9. The second kappa shape index (κ2) is 10.5. The van der Waals surface area contributed by atoms with E-state index in [1.807, 2.05) is 41.8 Å². The Kier molecular flexibility index (Phi) is 7.31. The van der Waals surface area contributed by atoms with Gasteiger partial charge in [0.25, 0.3) is 5.56 Å². The first-order chi connectivity index (χ1) is 16.1. The van der Waals surface area contributed by atoms with Crippen molar-refractivity contribution < 1.29 is 14.3 Å². The highest BCUT2D eigenvalue weighted by atomic mass is 32.2. The highest BCUT2D eigenvalue weighted by Gasteiger charge is 2.15.